The SMILES string of the molecule is O=C(NN1CCCCCC1)N1CC(c2ccccc2)C(c2ccc(F)cc2)=N1. The van der Waals surface area contributed by atoms with Gasteiger partial charge in [0, 0.05) is 19.0 Å². The lowest BCUT2D eigenvalue weighted by Gasteiger charge is -2.23. The molecule has 0 aliphatic carbocycles. The zero-order valence-electron chi connectivity index (χ0n) is 15.9. The molecule has 2 aliphatic rings. The minimum atomic E-state index is -0.283. The average Bonchev–Trinajstić information content (AvgIpc) is 3.01. The highest BCUT2D eigenvalue weighted by Gasteiger charge is 2.32. The normalized spacial score (nSPS) is 20.5. The van der Waals surface area contributed by atoms with Crippen molar-refractivity contribution in [2.45, 2.75) is 31.6 Å². The molecule has 5 nitrogen and oxygen atoms in total. The van der Waals surface area contributed by atoms with Crippen molar-refractivity contribution >= 4 is 11.7 Å². The Labute approximate surface area is 164 Å². The van der Waals surface area contributed by atoms with Crippen LogP contribution in [0.1, 0.15) is 42.7 Å². The summed E-state index contributed by atoms with van der Waals surface area (Å²) in [6.45, 7) is 2.21. The van der Waals surface area contributed by atoms with Crippen LogP contribution in [-0.4, -0.2) is 41.4 Å². The molecule has 2 heterocycles. The second-order valence-corrected chi connectivity index (χ2v) is 7.36. The molecule has 6 heteroatoms. The van der Waals surface area contributed by atoms with Gasteiger partial charge in [0.25, 0.3) is 0 Å². The third-order valence-corrected chi connectivity index (χ3v) is 5.35. The maximum Gasteiger partial charge on any atom is 0.352 e. The molecule has 1 saturated heterocycles. The number of amides is 2. The van der Waals surface area contributed by atoms with Gasteiger partial charge in [-0.15, -0.1) is 0 Å². The predicted octanol–water partition coefficient (Wildman–Crippen LogP) is 4.13. The van der Waals surface area contributed by atoms with Crippen LogP contribution < -0.4 is 5.43 Å². The number of nitrogens with one attached hydrogen (secondary N) is 1. The summed E-state index contributed by atoms with van der Waals surface area (Å²) in [7, 11) is 0. The number of benzene rings is 2. The minimum Gasteiger partial charge on any atom is -0.269 e. The van der Waals surface area contributed by atoms with Gasteiger partial charge in [0.2, 0.25) is 0 Å². The van der Waals surface area contributed by atoms with Gasteiger partial charge in [-0.25, -0.2) is 19.2 Å². The molecular formula is C22H25FN4O. The third kappa shape index (κ3) is 4.22. The Morgan fingerprint density at radius 1 is 0.964 bits per heavy atom. The summed E-state index contributed by atoms with van der Waals surface area (Å²) in [5.41, 5.74) is 5.72. The van der Waals surface area contributed by atoms with E-state index in [-0.39, 0.29) is 17.8 Å². The monoisotopic (exact) mass is 380 g/mol. The van der Waals surface area contributed by atoms with E-state index in [0.29, 0.717) is 6.54 Å². The highest BCUT2D eigenvalue weighted by molar-refractivity contribution is 6.07. The smallest absolute Gasteiger partial charge is 0.269 e. The first-order valence-electron chi connectivity index (χ1n) is 9.93. The first-order chi connectivity index (χ1) is 13.7. The van der Waals surface area contributed by atoms with E-state index in [2.05, 4.69) is 10.5 Å². The van der Waals surface area contributed by atoms with Crippen LogP contribution in [0, 0.1) is 5.82 Å². The molecule has 0 radical (unpaired) electrons. The van der Waals surface area contributed by atoms with Crippen molar-refractivity contribution in [2.75, 3.05) is 19.6 Å². The fraction of sp³-hybridized carbons (Fsp3) is 0.364. The lowest BCUT2D eigenvalue weighted by Crippen LogP contribution is -2.47. The Morgan fingerprint density at radius 2 is 1.64 bits per heavy atom. The number of hydrazone groups is 1. The molecule has 0 aromatic heterocycles. The second-order valence-electron chi connectivity index (χ2n) is 7.36. The Bertz CT molecular complexity index is 829. The number of nitrogens with zero attached hydrogens (tertiary/aromatic N) is 3. The summed E-state index contributed by atoms with van der Waals surface area (Å²) in [4.78, 5) is 12.8. The van der Waals surface area contributed by atoms with Gasteiger partial charge < -0.3 is 0 Å². The second kappa shape index (κ2) is 8.52. The number of urea groups is 1. The Kier molecular flexibility index (Phi) is 5.67. The molecule has 4 rings (SSSR count). The summed E-state index contributed by atoms with van der Waals surface area (Å²) in [6.07, 6.45) is 4.60. The van der Waals surface area contributed by atoms with Crippen molar-refractivity contribution in [3.05, 3.63) is 71.5 Å². The van der Waals surface area contributed by atoms with Crippen LogP contribution in [0.25, 0.3) is 0 Å². The van der Waals surface area contributed by atoms with Gasteiger partial charge in [0.1, 0.15) is 5.82 Å². The molecule has 2 aromatic rings. The highest BCUT2D eigenvalue weighted by atomic mass is 19.1. The van der Waals surface area contributed by atoms with E-state index >= 15 is 0 Å². The summed E-state index contributed by atoms with van der Waals surface area (Å²) in [5, 5.41) is 8.12. The van der Waals surface area contributed by atoms with Crippen molar-refractivity contribution in [3.63, 3.8) is 0 Å². The molecule has 0 saturated carbocycles. The van der Waals surface area contributed by atoms with Crippen LogP contribution in [0.15, 0.2) is 59.7 Å². The van der Waals surface area contributed by atoms with E-state index in [1.165, 1.54) is 30.0 Å². The maximum absolute atomic E-state index is 13.4. The van der Waals surface area contributed by atoms with Crippen molar-refractivity contribution < 1.29 is 9.18 Å². The van der Waals surface area contributed by atoms with Gasteiger partial charge in [-0.2, -0.15) is 5.10 Å². The van der Waals surface area contributed by atoms with Crippen LogP contribution in [0.5, 0.6) is 0 Å². The van der Waals surface area contributed by atoms with Crippen molar-refractivity contribution in [1.29, 1.82) is 0 Å². The van der Waals surface area contributed by atoms with E-state index in [4.69, 9.17) is 0 Å². The van der Waals surface area contributed by atoms with Crippen LogP contribution in [0.4, 0.5) is 9.18 Å². The highest BCUT2D eigenvalue weighted by Crippen LogP contribution is 2.29. The van der Waals surface area contributed by atoms with Gasteiger partial charge in [-0.3, -0.25) is 5.43 Å². The number of carbonyl (C=O) groups excluding carboxylic acids is 1. The number of hydrogen-bond donors (Lipinski definition) is 1. The summed E-state index contributed by atoms with van der Waals surface area (Å²) < 4.78 is 13.4. The van der Waals surface area contributed by atoms with Gasteiger partial charge in [-0.1, -0.05) is 55.3 Å². The predicted molar refractivity (Wildman–Crippen MR) is 107 cm³/mol. The first-order valence-corrected chi connectivity index (χ1v) is 9.93. The van der Waals surface area contributed by atoms with Gasteiger partial charge in [-0.05, 0) is 36.1 Å². The summed E-state index contributed by atoms with van der Waals surface area (Å²) in [5.74, 6) is -0.323. The number of rotatable bonds is 3. The van der Waals surface area contributed by atoms with E-state index in [1.54, 1.807) is 12.1 Å². The van der Waals surface area contributed by atoms with E-state index in [0.717, 1.165) is 42.8 Å². The van der Waals surface area contributed by atoms with Gasteiger partial charge in [0.15, 0.2) is 0 Å². The summed E-state index contributed by atoms with van der Waals surface area (Å²) in [6, 6.07) is 16.1. The molecule has 1 N–H and O–H groups in total. The van der Waals surface area contributed by atoms with Crippen molar-refractivity contribution in [3.8, 4) is 0 Å². The first kappa shape index (κ1) is 18.6. The lowest BCUT2D eigenvalue weighted by atomic mass is 9.91. The van der Waals surface area contributed by atoms with E-state index < -0.39 is 0 Å². The zero-order chi connectivity index (χ0) is 19.3. The number of carbonyl (C=O) groups is 1. The Morgan fingerprint density at radius 3 is 2.32 bits per heavy atom. The van der Waals surface area contributed by atoms with Crippen LogP contribution >= 0.6 is 0 Å². The lowest BCUT2D eigenvalue weighted by molar-refractivity contribution is 0.151. The molecule has 2 amide bonds. The minimum absolute atomic E-state index is 0.0402. The molecule has 0 spiro atoms. The molecule has 2 aliphatic heterocycles. The van der Waals surface area contributed by atoms with Crippen LogP contribution in [-0.2, 0) is 0 Å². The Hall–Kier alpha value is -2.73. The molecule has 1 atom stereocenters. The maximum atomic E-state index is 13.4. The standard InChI is InChI=1S/C22H25FN4O/c23-19-12-10-18(11-13-19)21-20(17-8-4-3-5-9-17)16-27(24-21)22(28)25-26-14-6-1-2-7-15-26/h3-5,8-13,20H,1-2,6-7,14-16H2,(H,25,28). The molecule has 28 heavy (non-hydrogen) atoms. The van der Waals surface area contributed by atoms with Crippen LogP contribution in [0.3, 0.4) is 0 Å². The fourth-order valence-electron chi connectivity index (χ4n) is 3.83. The number of hydrazine groups is 1. The zero-order valence-corrected chi connectivity index (χ0v) is 15.9. The molecule has 1 fully saturated rings. The molecule has 1 unspecified atom stereocenters. The van der Waals surface area contributed by atoms with E-state index in [9.17, 15) is 9.18 Å². The van der Waals surface area contributed by atoms with Gasteiger partial charge >= 0.3 is 6.03 Å². The fourth-order valence-corrected chi connectivity index (χ4v) is 3.83. The largest absolute Gasteiger partial charge is 0.352 e. The van der Waals surface area contributed by atoms with Crippen LogP contribution in [0.2, 0.25) is 0 Å². The number of hydrogen-bond acceptors (Lipinski definition) is 3. The summed E-state index contributed by atoms with van der Waals surface area (Å²) >= 11 is 0. The molecular weight excluding hydrogens is 355 g/mol. The number of halogens is 1. The van der Waals surface area contributed by atoms with Gasteiger partial charge in [0.05, 0.1) is 12.3 Å². The van der Waals surface area contributed by atoms with Crippen molar-refractivity contribution in [2.24, 2.45) is 5.10 Å². The molecule has 146 valence electrons. The molecule has 0 bridgehead atoms. The quantitative estimate of drug-likeness (QED) is 0.870. The molecule has 2 aromatic carbocycles. The third-order valence-electron chi connectivity index (χ3n) is 5.35. The van der Waals surface area contributed by atoms with E-state index in [1.807, 2.05) is 35.3 Å². The Balaban J connectivity index is 1.56. The topological polar surface area (TPSA) is 47.9 Å². The van der Waals surface area contributed by atoms with Crippen molar-refractivity contribution in [1.82, 2.24) is 15.4 Å². The average molecular weight is 380 g/mol.